The number of nitrogens with two attached hydrogens (primary N) is 1. The molecular formula is C17H16N2S. The summed E-state index contributed by atoms with van der Waals surface area (Å²) in [7, 11) is 0. The van der Waals surface area contributed by atoms with Crippen LogP contribution in [0.3, 0.4) is 0 Å². The fraction of sp³-hybridized carbons (Fsp3) is 0.118. The molecule has 0 aliphatic carbocycles. The molecule has 2 aromatic carbocycles. The Morgan fingerprint density at radius 1 is 1.10 bits per heavy atom. The Kier molecular flexibility index (Phi) is 3.61. The molecule has 0 saturated heterocycles. The van der Waals surface area contributed by atoms with Crippen molar-refractivity contribution in [1.29, 1.82) is 0 Å². The van der Waals surface area contributed by atoms with Gasteiger partial charge in [-0.3, -0.25) is 4.98 Å². The quantitative estimate of drug-likeness (QED) is 0.570. The highest BCUT2D eigenvalue weighted by molar-refractivity contribution is 7.98. The summed E-state index contributed by atoms with van der Waals surface area (Å²) in [6, 6.07) is 16.6. The molecule has 1 heterocycles. The number of hydrogen-bond acceptors (Lipinski definition) is 3. The van der Waals surface area contributed by atoms with Crippen molar-refractivity contribution in [2.24, 2.45) is 0 Å². The number of pyridine rings is 1. The van der Waals surface area contributed by atoms with Crippen LogP contribution in [0.4, 0.5) is 5.69 Å². The van der Waals surface area contributed by atoms with Gasteiger partial charge in [0.2, 0.25) is 0 Å². The Morgan fingerprint density at radius 3 is 2.85 bits per heavy atom. The minimum absolute atomic E-state index is 0.827. The molecular weight excluding hydrogens is 264 g/mol. The van der Waals surface area contributed by atoms with E-state index < -0.39 is 0 Å². The van der Waals surface area contributed by atoms with Crippen molar-refractivity contribution in [3.05, 3.63) is 65.9 Å². The van der Waals surface area contributed by atoms with Gasteiger partial charge in [-0.2, -0.15) is 0 Å². The van der Waals surface area contributed by atoms with Gasteiger partial charge in [0.05, 0.1) is 11.2 Å². The maximum atomic E-state index is 6.25. The van der Waals surface area contributed by atoms with Gasteiger partial charge in [0.1, 0.15) is 0 Å². The Morgan fingerprint density at radius 2 is 2.00 bits per heavy atom. The number of aromatic nitrogens is 1. The van der Waals surface area contributed by atoms with Gasteiger partial charge in [-0.25, -0.2) is 0 Å². The second kappa shape index (κ2) is 5.55. The molecule has 3 aromatic rings. The van der Waals surface area contributed by atoms with Gasteiger partial charge in [0, 0.05) is 22.2 Å². The first kappa shape index (κ1) is 13.0. The third-order valence-electron chi connectivity index (χ3n) is 3.26. The van der Waals surface area contributed by atoms with Gasteiger partial charge in [-0.05, 0) is 36.8 Å². The number of nitrogen functional groups attached to an aromatic ring is 1. The average Bonchev–Trinajstić information content (AvgIpc) is 2.47. The topological polar surface area (TPSA) is 38.9 Å². The van der Waals surface area contributed by atoms with Gasteiger partial charge in [0.15, 0.2) is 0 Å². The summed E-state index contributed by atoms with van der Waals surface area (Å²) in [5.41, 5.74) is 10.6. The summed E-state index contributed by atoms with van der Waals surface area (Å²) in [5.74, 6) is 0.928. The first-order chi connectivity index (χ1) is 9.74. The van der Waals surface area contributed by atoms with Gasteiger partial charge < -0.3 is 5.73 Å². The Bertz CT molecular complexity index is 753. The Balaban J connectivity index is 1.86. The predicted molar refractivity (Wildman–Crippen MR) is 86.9 cm³/mol. The second-order valence-corrected chi connectivity index (χ2v) is 5.84. The number of benzene rings is 2. The zero-order valence-electron chi connectivity index (χ0n) is 11.3. The molecule has 0 amide bonds. The van der Waals surface area contributed by atoms with Crippen LogP contribution in [0.1, 0.15) is 11.1 Å². The summed E-state index contributed by atoms with van der Waals surface area (Å²) in [6.45, 7) is 2.12. The number of rotatable bonds is 3. The third kappa shape index (κ3) is 2.63. The first-order valence-corrected chi connectivity index (χ1v) is 7.54. The van der Waals surface area contributed by atoms with Gasteiger partial charge in [0.25, 0.3) is 0 Å². The minimum Gasteiger partial charge on any atom is -0.397 e. The van der Waals surface area contributed by atoms with Crippen molar-refractivity contribution in [2.75, 3.05) is 5.73 Å². The molecule has 2 N–H and O–H groups in total. The van der Waals surface area contributed by atoms with E-state index >= 15 is 0 Å². The fourth-order valence-corrected chi connectivity index (χ4v) is 3.18. The average molecular weight is 280 g/mol. The molecule has 0 aliphatic heterocycles. The van der Waals surface area contributed by atoms with Crippen LogP contribution in [0.15, 0.2) is 59.6 Å². The molecule has 0 aliphatic rings. The normalized spacial score (nSPS) is 10.8. The van der Waals surface area contributed by atoms with Crippen molar-refractivity contribution < 1.29 is 0 Å². The lowest BCUT2D eigenvalue weighted by atomic mass is 10.2. The molecule has 0 fully saturated rings. The lowest BCUT2D eigenvalue weighted by molar-refractivity contribution is 1.34. The van der Waals surface area contributed by atoms with Crippen LogP contribution >= 0.6 is 11.8 Å². The van der Waals surface area contributed by atoms with Crippen LogP contribution in [0.25, 0.3) is 10.9 Å². The molecule has 0 radical (unpaired) electrons. The van der Waals surface area contributed by atoms with Crippen LogP contribution < -0.4 is 5.73 Å². The summed E-state index contributed by atoms with van der Waals surface area (Å²) in [5, 5.41) is 1.03. The number of hydrogen-bond donors (Lipinski definition) is 1. The van der Waals surface area contributed by atoms with Crippen LogP contribution in [0.5, 0.6) is 0 Å². The maximum absolute atomic E-state index is 6.25. The lowest BCUT2D eigenvalue weighted by Gasteiger charge is -2.08. The first-order valence-electron chi connectivity index (χ1n) is 6.55. The van der Waals surface area contributed by atoms with E-state index in [-0.39, 0.29) is 0 Å². The highest BCUT2D eigenvalue weighted by Gasteiger charge is 2.05. The SMILES string of the molecule is Cc1cccc(CSc2ccc3ncccc3c2N)c1. The largest absolute Gasteiger partial charge is 0.397 e. The van der Waals surface area contributed by atoms with Crippen molar-refractivity contribution >= 4 is 28.4 Å². The summed E-state index contributed by atoms with van der Waals surface area (Å²) in [6.07, 6.45) is 1.79. The standard InChI is InChI=1S/C17H16N2S/c1-12-4-2-5-13(10-12)11-20-16-8-7-15-14(17(16)18)6-3-9-19-15/h2-10H,11,18H2,1H3. The second-order valence-electron chi connectivity index (χ2n) is 4.83. The third-order valence-corrected chi connectivity index (χ3v) is 4.41. The van der Waals surface area contributed by atoms with E-state index in [2.05, 4.69) is 42.2 Å². The van der Waals surface area contributed by atoms with E-state index in [4.69, 9.17) is 5.73 Å². The van der Waals surface area contributed by atoms with Crippen LogP contribution in [0.2, 0.25) is 0 Å². The van der Waals surface area contributed by atoms with Crippen molar-refractivity contribution in [2.45, 2.75) is 17.6 Å². The Hall–Kier alpha value is -2.00. The van der Waals surface area contributed by atoms with Crippen molar-refractivity contribution in [1.82, 2.24) is 4.98 Å². The molecule has 3 rings (SSSR count). The van der Waals surface area contributed by atoms with Crippen molar-refractivity contribution in [3.8, 4) is 0 Å². The van der Waals surface area contributed by atoms with Crippen LogP contribution in [0, 0.1) is 6.92 Å². The Labute approximate surface area is 123 Å². The van der Waals surface area contributed by atoms with Gasteiger partial charge >= 0.3 is 0 Å². The number of anilines is 1. The van der Waals surface area contributed by atoms with Crippen LogP contribution in [-0.4, -0.2) is 4.98 Å². The van der Waals surface area contributed by atoms with Gasteiger partial charge in [-0.15, -0.1) is 11.8 Å². The molecule has 100 valence electrons. The highest BCUT2D eigenvalue weighted by Crippen LogP contribution is 2.33. The molecule has 3 heteroatoms. The van der Waals surface area contributed by atoms with E-state index in [0.29, 0.717) is 0 Å². The zero-order valence-corrected chi connectivity index (χ0v) is 12.2. The monoisotopic (exact) mass is 280 g/mol. The van der Waals surface area contributed by atoms with E-state index in [1.165, 1.54) is 11.1 Å². The van der Waals surface area contributed by atoms with E-state index in [9.17, 15) is 0 Å². The van der Waals surface area contributed by atoms with E-state index in [1.54, 1.807) is 18.0 Å². The number of thioether (sulfide) groups is 1. The van der Waals surface area contributed by atoms with E-state index in [1.807, 2.05) is 18.2 Å². The number of fused-ring (bicyclic) bond motifs is 1. The lowest BCUT2D eigenvalue weighted by Crippen LogP contribution is -1.92. The summed E-state index contributed by atoms with van der Waals surface area (Å²) >= 11 is 1.77. The molecule has 1 aromatic heterocycles. The predicted octanol–water partition coefficient (Wildman–Crippen LogP) is 4.42. The van der Waals surface area contributed by atoms with E-state index in [0.717, 1.165) is 27.2 Å². The molecule has 0 bridgehead atoms. The van der Waals surface area contributed by atoms with Crippen LogP contribution in [-0.2, 0) is 5.75 Å². The number of nitrogens with zero attached hydrogens (tertiary/aromatic N) is 1. The highest BCUT2D eigenvalue weighted by atomic mass is 32.2. The van der Waals surface area contributed by atoms with Crippen molar-refractivity contribution in [3.63, 3.8) is 0 Å². The van der Waals surface area contributed by atoms with Gasteiger partial charge in [-0.1, -0.05) is 29.8 Å². The maximum Gasteiger partial charge on any atom is 0.0723 e. The number of aryl methyl sites for hydroxylation is 1. The molecule has 0 spiro atoms. The smallest absolute Gasteiger partial charge is 0.0723 e. The summed E-state index contributed by atoms with van der Waals surface area (Å²) in [4.78, 5) is 5.44. The fourth-order valence-electron chi connectivity index (χ4n) is 2.24. The molecule has 0 atom stereocenters. The molecule has 2 nitrogen and oxygen atoms in total. The molecule has 0 unspecified atom stereocenters. The molecule has 20 heavy (non-hydrogen) atoms. The zero-order chi connectivity index (χ0) is 13.9. The summed E-state index contributed by atoms with van der Waals surface area (Å²) < 4.78 is 0. The molecule has 0 saturated carbocycles. The minimum atomic E-state index is 0.827.